The lowest BCUT2D eigenvalue weighted by molar-refractivity contribution is -0.137. The largest absolute Gasteiger partial charge is 0.493 e. The van der Waals surface area contributed by atoms with Crippen molar-refractivity contribution in [3.8, 4) is 11.5 Å². The molecule has 5 rings (SSSR count). The summed E-state index contributed by atoms with van der Waals surface area (Å²) in [6.45, 7) is 0.833. The molecule has 0 atom stereocenters. The lowest BCUT2D eigenvalue weighted by Crippen LogP contribution is -2.36. The van der Waals surface area contributed by atoms with Crippen molar-refractivity contribution in [1.82, 2.24) is 4.90 Å². The summed E-state index contributed by atoms with van der Waals surface area (Å²) in [5.41, 5.74) is 4.60. The number of carbonyl (C=O) groups is 2. The van der Waals surface area contributed by atoms with Gasteiger partial charge in [0.15, 0.2) is 11.5 Å². The fourth-order valence-electron chi connectivity index (χ4n) is 4.75. The Hall–Kier alpha value is -4.06. The third-order valence-electron chi connectivity index (χ3n) is 6.37. The molecule has 34 heavy (non-hydrogen) atoms. The van der Waals surface area contributed by atoms with Crippen molar-refractivity contribution in [3.05, 3.63) is 95.2 Å². The Bertz CT molecular complexity index is 1280. The normalized spacial score (nSPS) is 15.6. The van der Waals surface area contributed by atoms with Crippen LogP contribution in [0, 0.1) is 0 Å². The van der Waals surface area contributed by atoms with Crippen LogP contribution in [0.15, 0.2) is 78.5 Å². The molecule has 3 aromatic carbocycles. The number of hydrogen-bond donors (Lipinski definition) is 0. The van der Waals surface area contributed by atoms with Crippen molar-refractivity contribution in [2.75, 3.05) is 25.7 Å². The SMILES string of the molecule is COc1ccc(CN2C(=O)C(c3ccccc3)=C(N3CCCc4ccccc43)C2=O)cc1OC. The minimum absolute atomic E-state index is 0.146. The van der Waals surface area contributed by atoms with Crippen molar-refractivity contribution in [3.63, 3.8) is 0 Å². The lowest BCUT2D eigenvalue weighted by atomic mass is 9.98. The van der Waals surface area contributed by atoms with Crippen molar-refractivity contribution in [2.45, 2.75) is 19.4 Å². The molecule has 172 valence electrons. The van der Waals surface area contributed by atoms with Crippen LogP contribution in [0.4, 0.5) is 5.69 Å². The summed E-state index contributed by atoms with van der Waals surface area (Å²) in [5, 5.41) is 0. The molecule has 0 fully saturated rings. The van der Waals surface area contributed by atoms with Crippen molar-refractivity contribution in [1.29, 1.82) is 0 Å². The zero-order valence-corrected chi connectivity index (χ0v) is 19.3. The van der Waals surface area contributed by atoms with Crippen molar-refractivity contribution >= 4 is 23.1 Å². The van der Waals surface area contributed by atoms with Gasteiger partial charge in [-0.3, -0.25) is 14.5 Å². The van der Waals surface area contributed by atoms with Crippen LogP contribution in [0.5, 0.6) is 11.5 Å². The molecule has 3 aromatic rings. The summed E-state index contributed by atoms with van der Waals surface area (Å²) in [6, 6.07) is 23.0. The van der Waals surface area contributed by atoms with Crippen molar-refractivity contribution in [2.24, 2.45) is 0 Å². The van der Waals surface area contributed by atoms with Gasteiger partial charge in [0, 0.05) is 12.2 Å². The van der Waals surface area contributed by atoms with E-state index < -0.39 is 0 Å². The minimum Gasteiger partial charge on any atom is -0.493 e. The van der Waals surface area contributed by atoms with Crippen LogP contribution < -0.4 is 14.4 Å². The average Bonchev–Trinajstić information content (AvgIpc) is 3.13. The van der Waals surface area contributed by atoms with E-state index in [1.165, 1.54) is 10.5 Å². The van der Waals surface area contributed by atoms with Gasteiger partial charge in [0.05, 0.1) is 26.3 Å². The monoisotopic (exact) mass is 454 g/mol. The number of hydrogen-bond acceptors (Lipinski definition) is 5. The first kappa shape index (κ1) is 21.8. The molecule has 6 heteroatoms. The summed E-state index contributed by atoms with van der Waals surface area (Å²) in [7, 11) is 3.14. The number of methoxy groups -OCH3 is 2. The van der Waals surface area contributed by atoms with Gasteiger partial charge < -0.3 is 14.4 Å². The second-order valence-electron chi connectivity index (χ2n) is 8.36. The second-order valence-corrected chi connectivity index (χ2v) is 8.36. The Morgan fingerprint density at radius 3 is 2.32 bits per heavy atom. The van der Waals surface area contributed by atoms with Crippen LogP contribution in [0.1, 0.15) is 23.1 Å². The summed E-state index contributed by atoms with van der Waals surface area (Å²) in [5.74, 6) is 0.582. The molecule has 2 aliphatic rings. The van der Waals surface area contributed by atoms with E-state index in [-0.39, 0.29) is 18.4 Å². The molecule has 2 heterocycles. The molecule has 0 saturated carbocycles. The first-order chi connectivity index (χ1) is 16.6. The highest BCUT2D eigenvalue weighted by Crippen LogP contribution is 2.38. The molecule has 6 nitrogen and oxygen atoms in total. The number of amides is 2. The Morgan fingerprint density at radius 1 is 0.824 bits per heavy atom. The van der Waals surface area contributed by atoms with Crippen LogP contribution in [-0.4, -0.2) is 37.5 Å². The zero-order chi connectivity index (χ0) is 23.7. The fraction of sp³-hybridized carbons (Fsp3) is 0.214. The van der Waals surface area contributed by atoms with Gasteiger partial charge in [-0.25, -0.2) is 0 Å². The molecule has 0 spiro atoms. The Balaban J connectivity index is 1.57. The maximum atomic E-state index is 13.8. The first-order valence-corrected chi connectivity index (χ1v) is 11.3. The highest BCUT2D eigenvalue weighted by atomic mass is 16.5. The third kappa shape index (κ3) is 3.71. The number of nitrogens with zero attached hydrogens (tertiary/aromatic N) is 2. The van der Waals surface area contributed by atoms with Gasteiger partial charge in [0.25, 0.3) is 11.8 Å². The summed E-state index contributed by atoms with van der Waals surface area (Å²) in [4.78, 5) is 30.9. The van der Waals surface area contributed by atoms with Crippen LogP contribution >= 0.6 is 0 Å². The smallest absolute Gasteiger partial charge is 0.278 e. The predicted octanol–water partition coefficient (Wildman–Crippen LogP) is 4.44. The van der Waals surface area contributed by atoms with Gasteiger partial charge in [-0.2, -0.15) is 0 Å². The molecule has 0 radical (unpaired) electrons. The number of rotatable bonds is 6. The van der Waals surface area contributed by atoms with Gasteiger partial charge in [-0.05, 0) is 47.7 Å². The summed E-state index contributed by atoms with van der Waals surface area (Å²) in [6.07, 6.45) is 1.87. The molecule has 0 N–H and O–H groups in total. The number of para-hydroxylation sites is 1. The van der Waals surface area contributed by atoms with E-state index in [1.807, 2.05) is 59.5 Å². The quantitative estimate of drug-likeness (QED) is 0.516. The van der Waals surface area contributed by atoms with E-state index in [0.29, 0.717) is 29.3 Å². The van der Waals surface area contributed by atoms with Crippen LogP contribution in [-0.2, 0) is 22.6 Å². The standard InChI is InChI=1S/C28H26N2O4/c1-33-23-15-14-19(17-24(23)34-2)18-30-27(31)25(21-10-4-3-5-11-21)26(28(30)32)29-16-8-12-20-9-6-7-13-22(20)29/h3-7,9-11,13-15,17H,8,12,16,18H2,1-2H3. The second kappa shape index (κ2) is 9.06. The maximum Gasteiger partial charge on any atom is 0.278 e. The Morgan fingerprint density at radius 2 is 1.56 bits per heavy atom. The van der Waals surface area contributed by atoms with Crippen LogP contribution in [0.3, 0.4) is 0 Å². The van der Waals surface area contributed by atoms with Crippen LogP contribution in [0.25, 0.3) is 5.57 Å². The number of ether oxygens (including phenoxy) is 2. The number of benzene rings is 3. The zero-order valence-electron chi connectivity index (χ0n) is 19.3. The van der Waals surface area contributed by atoms with Crippen molar-refractivity contribution < 1.29 is 19.1 Å². The summed E-state index contributed by atoms with van der Waals surface area (Å²) >= 11 is 0. The van der Waals surface area contributed by atoms with Gasteiger partial charge in [0.2, 0.25) is 0 Å². The average molecular weight is 455 g/mol. The van der Waals surface area contributed by atoms with E-state index in [0.717, 1.165) is 29.7 Å². The van der Waals surface area contributed by atoms with Gasteiger partial charge in [0.1, 0.15) is 5.70 Å². The number of anilines is 1. The molecule has 2 amide bonds. The molecule has 2 aliphatic heterocycles. The van der Waals surface area contributed by atoms with E-state index in [4.69, 9.17) is 9.47 Å². The number of carbonyl (C=O) groups excluding carboxylic acids is 2. The van der Waals surface area contributed by atoms with Crippen LogP contribution in [0.2, 0.25) is 0 Å². The molecule has 0 aromatic heterocycles. The minimum atomic E-state index is -0.288. The molecule has 0 aliphatic carbocycles. The van der Waals surface area contributed by atoms with Gasteiger partial charge in [-0.15, -0.1) is 0 Å². The van der Waals surface area contributed by atoms with E-state index in [2.05, 4.69) is 6.07 Å². The molecular weight excluding hydrogens is 428 g/mol. The number of aryl methyl sites for hydroxylation is 1. The molecular formula is C28H26N2O4. The summed E-state index contributed by atoms with van der Waals surface area (Å²) < 4.78 is 10.7. The molecule has 0 bridgehead atoms. The molecule has 0 saturated heterocycles. The maximum absolute atomic E-state index is 13.8. The topological polar surface area (TPSA) is 59.1 Å². The Labute approximate surface area is 199 Å². The Kier molecular flexibility index (Phi) is 5.80. The third-order valence-corrected chi connectivity index (χ3v) is 6.37. The van der Waals surface area contributed by atoms with Gasteiger partial charge >= 0.3 is 0 Å². The highest BCUT2D eigenvalue weighted by molar-refractivity contribution is 6.36. The van der Waals surface area contributed by atoms with Gasteiger partial charge in [-0.1, -0.05) is 54.6 Å². The number of imide groups is 1. The fourth-order valence-corrected chi connectivity index (χ4v) is 4.75. The first-order valence-electron chi connectivity index (χ1n) is 11.3. The van der Waals surface area contributed by atoms with E-state index >= 15 is 0 Å². The molecule has 0 unspecified atom stereocenters. The predicted molar refractivity (Wildman–Crippen MR) is 131 cm³/mol. The highest BCUT2D eigenvalue weighted by Gasteiger charge is 2.42. The lowest BCUT2D eigenvalue weighted by Gasteiger charge is -2.32. The van der Waals surface area contributed by atoms with E-state index in [9.17, 15) is 9.59 Å². The number of fused-ring (bicyclic) bond motifs is 1. The van der Waals surface area contributed by atoms with E-state index in [1.54, 1.807) is 26.4 Å².